The summed E-state index contributed by atoms with van der Waals surface area (Å²) in [6.45, 7) is 1.76. The van der Waals surface area contributed by atoms with E-state index in [-0.39, 0.29) is 12.0 Å². The molecule has 3 heterocycles. The van der Waals surface area contributed by atoms with E-state index in [1.54, 1.807) is 36.1 Å². The van der Waals surface area contributed by atoms with E-state index in [1.165, 1.54) is 0 Å². The Morgan fingerprint density at radius 1 is 1.48 bits per heavy atom. The minimum Gasteiger partial charge on any atom is -0.370 e. The number of carbonyl (C=O) groups is 1. The highest BCUT2D eigenvalue weighted by atomic mass is 16.1. The van der Waals surface area contributed by atoms with Crippen LogP contribution in [0.15, 0.2) is 29.5 Å². The van der Waals surface area contributed by atoms with E-state index < -0.39 is 11.8 Å². The van der Waals surface area contributed by atoms with E-state index in [0.29, 0.717) is 22.5 Å². The molecule has 3 aromatic rings. The van der Waals surface area contributed by atoms with Crippen LogP contribution in [0.1, 0.15) is 29.2 Å². The molecule has 3 aromatic heterocycles. The molecule has 0 unspecified atom stereocenters. The number of primary amides is 1. The van der Waals surface area contributed by atoms with Gasteiger partial charge in [0.15, 0.2) is 5.65 Å². The van der Waals surface area contributed by atoms with Gasteiger partial charge in [-0.05, 0) is 13.0 Å². The number of carbonyl (C=O) groups excluding carboxylic acids is 1. The summed E-state index contributed by atoms with van der Waals surface area (Å²) in [5.41, 5.74) is 7.52. The van der Waals surface area contributed by atoms with Crippen LogP contribution in [0.25, 0.3) is 5.65 Å². The number of aromatic nitrogens is 5. The maximum Gasteiger partial charge on any atom is 0.267 e. The summed E-state index contributed by atoms with van der Waals surface area (Å²) >= 11 is 0. The molecule has 0 aliphatic heterocycles. The maximum absolute atomic E-state index is 12.0. The summed E-state index contributed by atoms with van der Waals surface area (Å²) in [4.78, 5) is 27.7. The van der Waals surface area contributed by atoms with Gasteiger partial charge in [0.1, 0.15) is 0 Å². The third-order valence-electron chi connectivity index (χ3n) is 3.45. The van der Waals surface area contributed by atoms with Crippen molar-refractivity contribution in [1.82, 2.24) is 24.8 Å². The fourth-order valence-electron chi connectivity index (χ4n) is 2.54. The van der Waals surface area contributed by atoms with E-state index >= 15 is 0 Å². The van der Waals surface area contributed by atoms with Gasteiger partial charge in [-0.2, -0.15) is 5.10 Å². The molecular formula is C13H14N6O2. The molecule has 0 saturated carbocycles. The first-order valence-corrected chi connectivity index (χ1v) is 6.41. The molecule has 0 fully saturated rings. The van der Waals surface area contributed by atoms with E-state index in [0.717, 1.165) is 0 Å². The Kier molecular flexibility index (Phi) is 3.05. The van der Waals surface area contributed by atoms with Crippen LogP contribution in [-0.4, -0.2) is 30.7 Å². The molecule has 0 spiro atoms. The number of aryl methyl sites for hydroxylation is 1. The highest BCUT2D eigenvalue weighted by Crippen LogP contribution is 2.29. The Labute approximate surface area is 119 Å². The summed E-state index contributed by atoms with van der Waals surface area (Å²) in [5.74, 6) is -0.972. The van der Waals surface area contributed by atoms with Gasteiger partial charge in [-0.25, -0.2) is 9.50 Å². The van der Waals surface area contributed by atoms with Gasteiger partial charge in [-0.3, -0.25) is 14.7 Å². The van der Waals surface area contributed by atoms with Gasteiger partial charge in [-0.15, -0.1) is 0 Å². The predicted molar refractivity (Wildman–Crippen MR) is 74.8 cm³/mol. The van der Waals surface area contributed by atoms with Crippen molar-refractivity contribution >= 4 is 11.6 Å². The summed E-state index contributed by atoms with van der Waals surface area (Å²) in [7, 11) is 0. The van der Waals surface area contributed by atoms with E-state index in [9.17, 15) is 9.59 Å². The number of hydrogen-bond donors (Lipinski definition) is 3. The van der Waals surface area contributed by atoms with Crippen molar-refractivity contribution in [3.05, 3.63) is 51.8 Å². The van der Waals surface area contributed by atoms with Crippen LogP contribution in [0, 0.1) is 6.92 Å². The minimum atomic E-state index is -0.490. The lowest BCUT2D eigenvalue weighted by Crippen LogP contribution is -2.20. The normalized spacial score (nSPS) is 12.6. The molecule has 0 aromatic carbocycles. The molecule has 21 heavy (non-hydrogen) atoms. The molecule has 8 heteroatoms. The van der Waals surface area contributed by atoms with Crippen LogP contribution in [0.3, 0.4) is 0 Å². The number of fused-ring (bicyclic) bond motifs is 1. The summed E-state index contributed by atoms with van der Waals surface area (Å²) in [6.07, 6.45) is 5.01. The summed E-state index contributed by atoms with van der Waals surface area (Å²) < 4.78 is 1.60. The molecule has 108 valence electrons. The summed E-state index contributed by atoms with van der Waals surface area (Å²) in [5, 5.41) is 9.48. The SMILES string of the molecule is Cc1[nH][nH]c(=O)c1[C@H](CC(N)=O)c1cnn2cccnc12. The molecule has 0 bridgehead atoms. The highest BCUT2D eigenvalue weighted by Gasteiger charge is 2.26. The Balaban J connectivity index is 2.21. The Morgan fingerprint density at radius 2 is 2.29 bits per heavy atom. The highest BCUT2D eigenvalue weighted by molar-refractivity contribution is 5.76. The molecule has 8 nitrogen and oxygen atoms in total. The first kappa shape index (κ1) is 13.1. The molecule has 0 aliphatic rings. The Morgan fingerprint density at radius 3 is 2.95 bits per heavy atom. The standard InChI is InChI=1S/C13H14N6O2/c1-7-11(13(21)18-17-7)8(5-10(14)20)9-6-16-19-4-2-3-15-12(9)19/h2-4,6,8H,5H2,1H3,(H2,14,20)(H2,17,18,21)/t8-/m1/s1. The van der Waals surface area contributed by atoms with Gasteiger partial charge in [-0.1, -0.05) is 0 Å². The Bertz CT molecular complexity index is 859. The number of nitrogens with two attached hydrogens (primary N) is 1. The number of amides is 1. The molecule has 0 saturated heterocycles. The second-order valence-electron chi connectivity index (χ2n) is 4.83. The second-order valence-corrected chi connectivity index (χ2v) is 4.83. The third kappa shape index (κ3) is 2.20. The van der Waals surface area contributed by atoms with Gasteiger partial charge < -0.3 is 10.8 Å². The quantitative estimate of drug-likeness (QED) is 0.627. The molecule has 0 radical (unpaired) electrons. The number of aromatic amines is 2. The van der Waals surface area contributed by atoms with E-state index in [1.807, 2.05) is 0 Å². The average molecular weight is 286 g/mol. The lowest BCUT2D eigenvalue weighted by molar-refractivity contribution is -0.118. The first-order chi connectivity index (χ1) is 10.1. The minimum absolute atomic E-state index is 0.0136. The van der Waals surface area contributed by atoms with Crippen molar-refractivity contribution in [2.24, 2.45) is 5.73 Å². The van der Waals surface area contributed by atoms with Crippen molar-refractivity contribution in [2.45, 2.75) is 19.3 Å². The number of nitrogens with one attached hydrogen (secondary N) is 2. The van der Waals surface area contributed by atoms with Crippen LogP contribution >= 0.6 is 0 Å². The fourth-order valence-corrected chi connectivity index (χ4v) is 2.54. The zero-order chi connectivity index (χ0) is 15.0. The van der Waals surface area contributed by atoms with Crippen molar-refractivity contribution in [1.29, 1.82) is 0 Å². The topological polar surface area (TPSA) is 122 Å². The molecule has 1 amide bonds. The molecule has 3 rings (SSSR count). The third-order valence-corrected chi connectivity index (χ3v) is 3.45. The molecule has 1 atom stereocenters. The molecule has 0 aliphatic carbocycles. The van der Waals surface area contributed by atoms with Gasteiger partial charge in [0.25, 0.3) is 5.56 Å². The zero-order valence-electron chi connectivity index (χ0n) is 11.3. The second kappa shape index (κ2) is 4.89. The van der Waals surface area contributed by atoms with Crippen LogP contribution in [0.5, 0.6) is 0 Å². The van der Waals surface area contributed by atoms with Gasteiger partial charge in [0, 0.05) is 41.6 Å². The van der Waals surface area contributed by atoms with Crippen molar-refractivity contribution < 1.29 is 4.79 Å². The van der Waals surface area contributed by atoms with Gasteiger partial charge >= 0.3 is 0 Å². The average Bonchev–Trinajstić information content (AvgIpc) is 3.01. The van der Waals surface area contributed by atoms with Crippen LogP contribution in [0.4, 0.5) is 0 Å². The van der Waals surface area contributed by atoms with Crippen molar-refractivity contribution in [3.63, 3.8) is 0 Å². The zero-order valence-corrected chi connectivity index (χ0v) is 11.3. The van der Waals surface area contributed by atoms with Crippen LogP contribution in [-0.2, 0) is 4.79 Å². The summed E-state index contributed by atoms with van der Waals surface area (Å²) in [6, 6.07) is 1.75. The van der Waals surface area contributed by atoms with E-state index in [2.05, 4.69) is 20.3 Å². The lowest BCUT2D eigenvalue weighted by atomic mass is 9.90. The first-order valence-electron chi connectivity index (χ1n) is 6.41. The number of rotatable bonds is 4. The smallest absolute Gasteiger partial charge is 0.267 e. The lowest BCUT2D eigenvalue weighted by Gasteiger charge is -2.12. The largest absolute Gasteiger partial charge is 0.370 e. The van der Waals surface area contributed by atoms with Crippen molar-refractivity contribution in [3.8, 4) is 0 Å². The molecular weight excluding hydrogens is 272 g/mol. The van der Waals surface area contributed by atoms with E-state index in [4.69, 9.17) is 5.73 Å². The van der Waals surface area contributed by atoms with Crippen LogP contribution in [0.2, 0.25) is 0 Å². The van der Waals surface area contributed by atoms with Gasteiger partial charge in [0.05, 0.1) is 6.20 Å². The number of H-pyrrole nitrogens is 2. The number of nitrogens with zero attached hydrogens (tertiary/aromatic N) is 3. The van der Waals surface area contributed by atoms with Gasteiger partial charge in [0.2, 0.25) is 5.91 Å². The number of hydrogen-bond acceptors (Lipinski definition) is 4. The monoisotopic (exact) mass is 286 g/mol. The molecule has 4 N–H and O–H groups in total. The van der Waals surface area contributed by atoms with Crippen LogP contribution < -0.4 is 11.3 Å². The fraction of sp³-hybridized carbons (Fsp3) is 0.231. The van der Waals surface area contributed by atoms with Crippen molar-refractivity contribution in [2.75, 3.05) is 0 Å². The maximum atomic E-state index is 12.0. The predicted octanol–water partition coefficient (Wildman–Crippen LogP) is 0.0614. The Hall–Kier alpha value is -2.90.